The zero-order valence-electron chi connectivity index (χ0n) is 14.1. The van der Waals surface area contributed by atoms with E-state index in [1.165, 1.54) is 24.3 Å². The molecule has 2 aromatic rings. The Hall–Kier alpha value is -3.51. The quantitative estimate of drug-likeness (QED) is 0.338. The Bertz CT molecular complexity index is 1050. The maximum absolute atomic E-state index is 12.0. The third-order valence-corrected chi connectivity index (χ3v) is 4.08. The predicted octanol–water partition coefficient (Wildman–Crippen LogP) is 1.83. The molecule has 0 radical (unpaired) electrons. The van der Waals surface area contributed by atoms with E-state index < -0.39 is 33.5 Å². The first kappa shape index (κ1) is 20.8. The molecule has 0 heterocycles. The fraction of sp³-hybridized carbons (Fsp3) is 0.125. The number of carbonyl (C=O) groups is 2. The minimum absolute atomic E-state index is 0.127. The molecule has 0 aliphatic carbocycles. The zero-order valence-corrected chi connectivity index (χ0v) is 14.9. The molecule has 2 aromatic carbocycles. The highest BCUT2D eigenvalue weighted by Crippen LogP contribution is 2.27. The van der Waals surface area contributed by atoms with Gasteiger partial charge in [0.1, 0.15) is 17.1 Å². The van der Waals surface area contributed by atoms with E-state index in [-0.39, 0.29) is 34.8 Å². The number of aromatic hydroxyl groups is 2. The Morgan fingerprint density at radius 2 is 1.43 bits per heavy atom. The second-order valence-electron chi connectivity index (χ2n) is 5.45. The van der Waals surface area contributed by atoms with E-state index in [1.807, 2.05) is 0 Å². The average molecular weight is 409 g/mol. The molecule has 0 aliphatic rings. The summed E-state index contributed by atoms with van der Waals surface area (Å²) in [6.07, 6.45) is 0. The van der Waals surface area contributed by atoms with Crippen molar-refractivity contribution in [3.63, 3.8) is 0 Å². The van der Waals surface area contributed by atoms with E-state index in [4.69, 9.17) is 9.66 Å². The lowest BCUT2D eigenvalue weighted by Gasteiger charge is -2.06. The van der Waals surface area contributed by atoms with Crippen molar-refractivity contribution in [1.82, 2.24) is 5.32 Å². The summed E-state index contributed by atoms with van der Waals surface area (Å²) in [5, 5.41) is 38.1. The smallest absolute Gasteiger partial charge is 0.339 e. The summed E-state index contributed by atoms with van der Waals surface area (Å²) in [6, 6.07) is 7.26. The summed E-state index contributed by atoms with van der Waals surface area (Å²) in [5.74, 6) is -3.65. The van der Waals surface area contributed by atoms with Gasteiger partial charge in [0, 0.05) is 6.54 Å². The lowest BCUT2D eigenvalue weighted by Crippen LogP contribution is -2.28. The second kappa shape index (κ2) is 8.45. The van der Waals surface area contributed by atoms with Crippen LogP contribution in [-0.2, 0) is 10.1 Å². The zero-order chi connectivity index (χ0) is 20.9. The molecule has 148 valence electrons. The maximum Gasteiger partial charge on any atom is 0.339 e. The van der Waals surface area contributed by atoms with Gasteiger partial charge >= 0.3 is 5.97 Å². The molecule has 2 rings (SSSR count). The van der Waals surface area contributed by atoms with Crippen molar-refractivity contribution >= 4 is 33.4 Å². The molecule has 0 saturated heterocycles. The summed E-state index contributed by atoms with van der Waals surface area (Å²) in [5.41, 5.74) is -0.296. The van der Waals surface area contributed by atoms with Crippen LogP contribution in [0.1, 0.15) is 20.7 Å². The van der Waals surface area contributed by atoms with E-state index in [1.54, 1.807) is 0 Å². The SMILES string of the molecule is O=C(O)c1cc(/N=N/c2ccc(O)c(C(=O)NCCS(=O)(=O)O)c2)ccc1O. The first-order chi connectivity index (χ1) is 13.1. The fourth-order valence-corrected chi connectivity index (χ4v) is 2.39. The molecule has 0 spiro atoms. The van der Waals surface area contributed by atoms with Gasteiger partial charge in [0.25, 0.3) is 16.0 Å². The number of rotatable bonds is 7. The molecule has 0 unspecified atom stereocenters. The number of hydrogen-bond donors (Lipinski definition) is 5. The number of aromatic carboxylic acids is 1. The van der Waals surface area contributed by atoms with Crippen molar-refractivity contribution in [2.45, 2.75) is 0 Å². The summed E-state index contributed by atoms with van der Waals surface area (Å²) >= 11 is 0. The standard InChI is InChI=1S/C16H15N3O8S/c20-13-3-1-9(7-11(13)15(22)17-5-6-28(25,26)27)18-19-10-2-4-14(21)12(8-10)16(23)24/h1-4,7-8,20-21H,5-6H2,(H,17,22)(H,23,24)(H,25,26,27)/b19-18+. The average Bonchev–Trinajstić information content (AvgIpc) is 2.60. The molecule has 5 N–H and O–H groups in total. The maximum atomic E-state index is 12.0. The van der Waals surface area contributed by atoms with Gasteiger partial charge in [0.2, 0.25) is 0 Å². The van der Waals surface area contributed by atoms with Crippen LogP contribution in [-0.4, -0.2) is 52.5 Å². The summed E-state index contributed by atoms with van der Waals surface area (Å²) in [7, 11) is -4.24. The highest BCUT2D eigenvalue weighted by atomic mass is 32.2. The molecule has 28 heavy (non-hydrogen) atoms. The number of azo groups is 1. The van der Waals surface area contributed by atoms with Crippen LogP contribution >= 0.6 is 0 Å². The van der Waals surface area contributed by atoms with Crippen LogP contribution in [0.2, 0.25) is 0 Å². The number of benzene rings is 2. The van der Waals surface area contributed by atoms with E-state index in [0.29, 0.717) is 0 Å². The lowest BCUT2D eigenvalue weighted by molar-refractivity contribution is 0.0693. The summed E-state index contributed by atoms with van der Waals surface area (Å²) in [6.45, 7) is -0.367. The molecule has 1 amide bonds. The van der Waals surface area contributed by atoms with Gasteiger partial charge in [-0.05, 0) is 36.4 Å². The molecule has 11 nitrogen and oxygen atoms in total. The third-order valence-electron chi connectivity index (χ3n) is 3.36. The molecule has 0 saturated carbocycles. The van der Waals surface area contributed by atoms with Crippen molar-refractivity contribution < 1.29 is 37.9 Å². The number of nitrogens with one attached hydrogen (secondary N) is 1. The number of carboxylic acids is 1. The van der Waals surface area contributed by atoms with Gasteiger partial charge in [-0.3, -0.25) is 9.35 Å². The molecular formula is C16H15N3O8S. The summed E-state index contributed by atoms with van der Waals surface area (Å²) in [4.78, 5) is 23.0. The summed E-state index contributed by atoms with van der Waals surface area (Å²) < 4.78 is 29.9. The number of phenols is 2. The largest absolute Gasteiger partial charge is 0.507 e. The Morgan fingerprint density at radius 3 is 1.93 bits per heavy atom. The molecular weight excluding hydrogens is 394 g/mol. The van der Waals surface area contributed by atoms with Gasteiger partial charge in [-0.15, -0.1) is 0 Å². The van der Waals surface area contributed by atoms with Crippen LogP contribution in [0.5, 0.6) is 11.5 Å². The molecule has 12 heteroatoms. The van der Waals surface area contributed by atoms with Crippen LogP contribution in [0.3, 0.4) is 0 Å². The van der Waals surface area contributed by atoms with E-state index >= 15 is 0 Å². The van der Waals surface area contributed by atoms with Crippen molar-refractivity contribution in [3.05, 3.63) is 47.5 Å². The minimum Gasteiger partial charge on any atom is -0.507 e. The van der Waals surface area contributed by atoms with E-state index in [9.17, 15) is 28.2 Å². The number of carboxylic acid groups (broad SMARTS) is 1. The van der Waals surface area contributed by atoms with Gasteiger partial charge in [-0.2, -0.15) is 18.6 Å². The van der Waals surface area contributed by atoms with Gasteiger partial charge in [0.15, 0.2) is 0 Å². The highest BCUT2D eigenvalue weighted by Gasteiger charge is 2.14. The highest BCUT2D eigenvalue weighted by molar-refractivity contribution is 7.85. The van der Waals surface area contributed by atoms with Gasteiger partial charge in [-0.25, -0.2) is 4.79 Å². The van der Waals surface area contributed by atoms with Crippen LogP contribution < -0.4 is 5.32 Å². The van der Waals surface area contributed by atoms with Crippen molar-refractivity contribution in [3.8, 4) is 11.5 Å². The number of amides is 1. The molecule has 0 bridgehead atoms. The van der Waals surface area contributed by atoms with Crippen LogP contribution in [0.25, 0.3) is 0 Å². The van der Waals surface area contributed by atoms with Crippen LogP contribution in [0.4, 0.5) is 11.4 Å². The number of carbonyl (C=O) groups excluding carboxylic acids is 1. The molecule has 0 fully saturated rings. The van der Waals surface area contributed by atoms with Gasteiger partial charge in [0.05, 0.1) is 22.7 Å². The molecule has 0 aromatic heterocycles. The third kappa shape index (κ3) is 5.75. The Kier molecular flexibility index (Phi) is 6.28. The fourth-order valence-electron chi connectivity index (χ4n) is 2.03. The predicted molar refractivity (Wildman–Crippen MR) is 96.1 cm³/mol. The Labute approximate surface area is 158 Å². The number of hydrogen-bond acceptors (Lipinski definition) is 8. The van der Waals surface area contributed by atoms with Gasteiger partial charge in [-0.1, -0.05) is 0 Å². The Balaban J connectivity index is 2.18. The lowest BCUT2D eigenvalue weighted by atomic mass is 10.1. The van der Waals surface area contributed by atoms with Crippen molar-refractivity contribution in [1.29, 1.82) is 0 Å². The monoisotopic (exact) mass is 409 g/mol. The normalized spacial score (nSPS) is 11.5. The number of phenolic OH excluding ortho intramolecular Hbond substituents is 1. The topological polar surface area (TPSA) is 186 Å². The Morgan fingerprint density at radius 1 is 0.929 bits per heavy atom. The van der Waals surface area contributed by atoms with E-state index in [2.05, 4.69) is 15.5 Å². The first-order valence-electron chi connectivity index (χ1n) is 7.61. The molecule has 0 atom stereocenters. The minimum atomic E-state index is -4.24. The van der Waals surface area contributed by atoms with Crippen molar-refractivity contribution in [2.24, 2.45) is 10.2 Å². The molecule has 0 aliphatic heterocycles. The number of nitrogens with zero attached hydrogens (tertiary/aromatic N) is 2. The van der Waals surface area contributed by atoms with Gasteiger partial charge < -0.3 is 20.6 Å². The van der Waals surface area contributed by atoms with E-state index in [0.717, 1.165) is 12.1 Å². The first-order valence-corrected chi connectivity index (χ1v) is 9.22. The van der Waals surface area contributed by atoms with Crippen LogP contribution in [0.15, 0.2) is 46.6 Å². The van der Waals surface area contributed by atoms with Crippen molar-refractivity contribution in [2.75, 3.05) is 12.3 Å². The second-order valence-corrected chi connectivity index (χ2v) is 7.02. The van der Waals surface area contributed by atoms with Crippen LogP contribution in [0, 0.1) is 0 Å².